The molecule has 26 heavy (non-hydrogen) atoms. The van der Waals surface area contributed by atoms with Gasteiger partial charge in [-0.05, 0) is 23.1 Å². The molecule has 0 amide bonds. The molecule has 0 bridgehead atoms. The number of carbonyl (C=O) groups is 1. The topological polar surface area (TPSA) is 55.8 Å². The number of ether oxygens (including phenoxy) is 2. The van der Waals surface area contributed by atoms with Crippen molar-refractivity contribution in [3.8, 4) is 5.75 Å². The maximum absolute atomic E-state index is 12.2. The van der Waals surface area contributed by atoms with Gasteiger partial charge in [0.25, 0.3) is 0 Å². The summed E-state index contributed by atoms with van der Waals surface area (Å²) in [6, 6.07) is 19.1. The Labute approximate surface area is 155 Å². The van der Waals surface area contributed by atoms with Crippen molar-refractivity contribution in [3.63, 3.8) is 0 Å². The molecule has 0 fully saturated rings. The number of rotatable bonds is 2. The van der Waals surface area contributed by atoms with Gasteiger partial charge >= 0.3 is 11.8 Å². The van der Waals surface area contributed by atoms with Crippen LogP contribution in [-0.2, 0) is 9.53 Å². The molecule has 0 radical (unpaired) electrons. The quantitative estimate of drug-likeness (QED) is 0.686. The van der Waals surface area contributed by atoms with E-state index in [-0.39, 0.29) is 12.3 Å². The first kappa shape index (κ1) is 16.9. The van der Waals surface area contributed by atoms with Crippen LogP contribution in [0.25, 0.3) is 10.8 Å². The summed E-state index contributed by atoms with van der Waals surface area (Å²) in [5.41, 5.74) is 1.86. The van der Waals surface area contributed by atoms with Gasteiger partial charge in [-0.25, -0.2) is 4.79 Å². The van der Waals surface area contributed by atoms with E-state index in [2.05, 4.69) is 0 Å². The third kappa shape index (κ3) is 2.71. The number of hydrogen-bond donors (Lipinski definition) is 1. The highest BCUT2D eigenvalue weighted by Crippen LogP contribution is 2.47. The van der Waals surface area contributed by atoms with E-state index in [0.29, 0.717) is 10.8 Å². The highest BCUT2D eigenvalue weighted by Gasteiger charge is 2.47. The van der Waals surface area contributed by atoms with Gasteiger partial charge in [-0.3, -0.25) is 0 Å². The van der Waals surface area contributed by atoms with Crippen LogP contribution in [0.1, 0.15) is 23.5 Å². The van der Waals surface area contributed by atoms with Crippen LogP contribution in [0.3, 0.4) is 0 Å². The molecule has 4 rings (SSSR count). The Morgan fingerprint density at radius 3 is 2.62 bits per heavy atom. The van der Waals surface area contributed by atoms with Gasteiger partial charge in [-0.15, -0.1) is 0 Å². The molecule has 1 aliphatic rings. The van der Waals surface area contributed by atoms with Crippen molar-refractivity contribution in [2.45, 2.75) is 18.1 Å². The number of benzene rings is 3. The van der Waals surface area contributed by atoms with Gasteiger partial charge in [0.05, 0.1) is 7.11 Å². The number of aliphatic hydroxyl groups is 1. The molecule has 1 aliphatic heterocycles. The van der Waals surface area contributed by atoms with E-state index in [9.17, 15) is 9.90 Å². The zero-order valence-corrected chi connectivity index (χ0v) is 14.9. The fourth-order valence-electron chi connectivity index (χ4n) is 3.52. The van der Waals surface area contributed by atoms with E-state index in [1.54, 1.807) is 12.1 Å². The van der Waals surface area contributed by atoms with Crippen LogP contribution in [0.2, 0.25) is 5.02 Å². The summed E-state index contributed by atoms with van der Waals surface area (Å²) in [5, 5.41) is 13.3. The van der Waals surface area contributed by atoms with Crippen molar-refractivity contribution in [2.24, 2.45) is 0 Å². The van der Waals surface area contributed by atoms with Crippen LogP contribution in [0.4, 0.5) is 0 Å². The van der Waals surface area contributed by atoms with Crippen molar-refractivity contribution < 1.29 is 19.4 Å². The molecule has 3 aromatic carbocycles. The third-order valence-electron chi connectivity index (χ3n) is 4.81. The van der Waals surface area contributed by atoms with Crippen LogP contribution in [-0.4, -0.2) is 24.0 Å². The molecule has 3 aromatic rings. The summed E-state index contributed by atoms with van der Waals surface area (Å²) in [6.45, 7) is 0. The first-order valence-electron chi connectivity index (χ1n) is 8.29. The lowest BCUT2D eigenvalue weighted by molar-refractivity contribution is -0.202. The van der Waals surface area contributed by atoms with Crippen molar-refractivity contribution in [3.05, 3.63) is 76.8 Å². The Hall–Kier alpha value is -2.56. The molecule has 0 saturated carbocycles. The number of esters is 1. The van der Waals surface area contributed by atoms with E-state index in [0.717, 1.165) is 21.9 Å². The van der Waals surface area contributed by atoms with Gasteiger partial charge in [0.1, 0.15) is 5.75 Å². The van der Waals surface area contributed by atoms with Gasteiger partial charge in [0.15, 0.2) is 0 Å². The molecule has 2 atom stereocenters. The minimum atomic E-state index is -2.05. The van der Waals surface area contributed by atoms with Crippen molar-refractivity contribution in [1.82, 2.24) is 0 Å². The summed E-state index contributed by atoms with van der Waals surface area (Å²) in [6.07, 6.45) is 0.0621. The lowest BCUT2D eigenvalue weighted by atomic mass is 9.82. The predicted octanol–water partition coefficient (Wildman–Crippen LogP) is 4.27. The highest BCUT2D eigenvalue weighted by molar-refractivity contribution is 6.30. The number of carbonyl (C=O) groups excluding carboxylic acids is 1. The largest absolute Gasteiger partial charge is 0.464 e. The van der Waals surface area contributed by atoms with E-state index in [4.69, 9.17) is 21.1 Å². The molecular formula is C21H17ClO4. The Balaban J connectivity index is 1.94. The smallest absolute Gasteiger partial charge is 0.379 e. The van der Waals surface area contributed by atoms with Crippen molar-refractivity contribution >= 4 is 28.3 Å². The standard InChI is InChI=1S/C21H17ClO4/c1-25-20(23)21(24)12-18(14-6-9-15(22)10-7-14)17-11-8-13-4-2-3-5-16(13)19(17)26-21/h2-11,18,24H,12H2,1H3/t18-,21+/m0/s1. The van der Waals surface area contributed by atoms with Gasteiger partial charge in [0, 0.05) is 28.3 Å². The molecule has 0 spiro atoms. The average Bonchev–Trinajstić information content (AvgIpc) is 2.67. The van der Waals surface area contributed by atoms with Gasteiger partial charge in [0.2, 0.25) is 0 Å². The molecule has 0 saturated heterocycles. The minimum Gasteiger partial charge on any atom is -0.464 e. The zero-order chi connectivity index (χ0) is 18.3. The third-order valence-corrected chi connectivity index (χ3v) is 5.07. The van der Waals surface area contributed by atoms with Crippen LogP contribution in [0.15, 0.2) is 60.7 Å². The first-order chi connectivity index (χ1) is 12.5. The second-order valence-corrected chi connectivity index (χ2v) is 6.83. The fourth-order valence-corrected chi connectivity index (χ4v) is 3.65. The average molecular weight is 369 g/mol. The zero-order valence-electron chi connectivity index (χ0n) is 14.1. The van der Waals surface area contributed by atoms with Crippen LogP contribution in [0.5, 0.6) is 5.75 Å². The maximum atomic E-state index is 12.2. The highest BCUT2D eigenvalue weighted by atomic mass is 35.5. The molecule has 1 heterocycles. The summed E-state index contributed by atoms with van der Waals surface area (Å²) in [5.74, 6) is -2.59. The number of hydrogen-bond acceptors (Lipinski definition) is 4. The molecule has 0 aromatic heterocycles. The molecule has 0 unspecified atom stereocenters. The Bertz CT molecular complexity index is 983. The normalized spacial score (nSPS) is 21.7. The lowest BCUT2D eigenvalue weighted by Gasteiger charge is -2.37. The summed E-state index contributed by atoms with van der Waals surface area (Å²) in [4.78, 5) is 12.2. The van der Waals surface area contributed by atoms with E-state index >= 15 is 0 Å². The second kappa shape index (κ2) is 6.31. The number of methoxy groups -OCH3 is 1. The van der Waals surface area contributed by atoms with Crippen LogP contribution >= 0.6 is 11.6 Å². The van der Waals surface area contributed by atoms with Crippen molar-refractivity contribution in [2.75, 3.05) is 7.11 Å². The van der Waals surface area contributed by atoms with E-state index < -0.39 is 11.8 Å². The fraction of sp³-hybridized carbons (Fsp3) is 0.190. The van der Waals surface area contributed by atoms with E-state index in [1.807, 2.05) is 48.5 Å². The van der Waals surface area contributed by atoms with E-state index in [1.165, 1.54) is 7.11 Å². The van der Waals surface area contributed by atoms with Crippen LogP contribution in [0, 0.1) is 0 Å². The van der Waals surface area contributed by atoms with Crippen LogP contribution < -0.4 is 4.74 Å². The summed E-state index contributed by atoms with van der Waals surface area (Å²) < 4.78 is 10.6. The molecule has 4 nitrogen and oxygen atoms in total. The van der Waals surface area contributed by atoms with Gasteiger partial charge in [-0.2, -0.15) is 0 Å². The van der Waals surface area contributed by atoms with Crippen molar-refractivity contribution in [1.29, 1.82) is 0 Å². The molecule has 1 N–H and O–H groups in total. The predicted molar refractivity (Wildman–Crippen MR) is 99.5 cm³/mol. The number of halogens is 1. The second-order valence-electron chi connectivity index (χ2n) is 6.39. The molecular weight excluding hydrogens is 352 g/mol. The SMILES string of the molecule is COC(=O)[C@@]1(O)C[C@@H](c2ccc(Cl)cc2)c2ccc3ccccc3c2O1. The Morgan fingerprint density at radius 2 is 1.88 bits per heavy atom. The molecule has 5 heteroatoms. The minimum absolute atomic E-state index is 0.0621. The number of fused-ring (bicyclic) bond motifs is 3. The summed E-state index contributed by atoms with van der Waals surface area (Å²) >= 11 is 6.01. The Morgan fingerprint density at radius 1 is 1.15 bits per heavy atom. The van der Waals surface area contributed by atoms with Gasteiger partial charge in [-0.1, -0.05) is 60.1 Å². The lowest BCUT2D eigenvalue weighted by Crippen LogP contribution is -2.49. The maximum Gasteiger partial charge on any atom is 0.379 e. The van der Waals surface area contributed by atoms with Gasteiger partial charge < -0.3 is 14.6 Å². The monoisotopic (exact) mass is 368 g/mol. The summed E-state index contributed by atoms with van der Waals surface area (Å²) in [7, 11) is 1.24. The first-order valence-corrected chi connectivity index (χ1v) is 8.66. The molecule has 0 aliphatic carbocycles. The Kier molecular flexibility index (Phi) is 4.10. The molecule has 132 valence electrons.